The maximum absolute atomic E-state index is 13.0. The number of allylic oxidation sites excluding steroid dienone is 2. The number of hydrogen-bond donors (Lipinski definition) is 1. The molecular weight excluding hydrogens is 452 g/mol. The number of carbonyl (C=O) groups is 5. The fourth-order valence-corrected chi connectivity index (χ4v) is 5.15. The van der Waals surface area contributed by atoms with E-state index in [0.29, 0.717) is 16.9 Å². The molecular formula is C26H22N2O7. The number of amides is 3. The van der Waals surface area contributed by atoms with E-state index in [4.69, 9.17) is 4.74 Å². The number of fused-ring (bicyclic) bond motifs is 5. The van der Waals surface area contributed by atoms with Crippen LogP contribution in [0.4, 0.5) is 11.4 Å². The Morgan fingerprint density at radius 1 is 0.914 bits per heavy atom. The van der Waals surface area contributed by atoms with Crippen LogP contribution in [0.15, 0.2) is 60.7 Å². The first-order valence-corrected chi connectivity index (χ1v) is 11.2. The molecule has 5 rings (SSSR count). The van der Waals surface area contributed by atoms with Gasteiger partial charge in [-0.15, -0.1) is 0 Å². The monoisotopic (exact) mass is 474 g/mol. The molecule has 3 aliphatic rings. The molecule has 35 heavy (non-hydrogen) atoms. The lowest BCUT2D eigenvalue weighted by molar-refractivity contribution is -0.123. The summed E-state index contributed by atoms with van der Waals surface area (Å²) in [5, 5.41) is 2.57. The molecule has 2 aromatic carbocycles. The first-order chi connectivity index (χ1) is 16.9. The number of rotatable bonds is 6. The largest absolute Gasteiger partial charge is 0.465 e. The lowest BCUT2D eigenvalue weighted by atomic mass is 9.85. The van der Waals surface area contributed by atoms with Gasteiger partial charge in [-0.2, -0.15) is 0 Å². The number of nitrogens with zero attached hydrogens (tertiary/aromatic N) is 1. The minimum absolute atomic E-state index is 0.0924. The Morgan fingerprint density at radius 3 is 2.20 bits per heavy atom. The molecule has 0 unspecified atom stereocenters. The Kier molecular flexibility index (Phi) is 5.68. The predicted octanol–water partition coefficient (Wildman–Crippen LogP) is 2.58. The molecule has 2 aromatic rings. The third kappa shape index (κ3) is 3.99. The molecule has 4 atom stereocenters. The van der Waals surface area contributed by atoms with Gasteiger partial charge >= 0.3 is 11.9 Å². The molecule has 1 aliphatic heterocycles. The van der Waals surface area contributed by atoms with Crippen LogP contribution in [0.25, 0.3) is 0 Å². The van der Waals surface area contributed by atoms with Crippen molar-refractivity contribution in [2.45, 2.75) is 6.42 Å². The third-order valence-corrected chi connectivity index (χ3v) is 6.73. The molecule has 9 heteroatoms. The van der Waals surface area contributed by atoms with Gasteiger partial charge in [0.15, 0.2) is 6.61 Å². The topological polar surface area (TPSA) is 119 Å². The van der Waals surface area contributed by atoms with E-state index < -0.39 is 24.5 Å². The van der Waals surface area contributed by atoms with Crippen LogP contribution in [0, 0.1) is 23.7 Å². The molecule has 2 bridgehead atoms. The number of benzene rings is 2. The fourth-order valence-electron chi connectivity index (χ4n) is 5.15. The summed E-state index contributed by atoms with van der Waals surface area (Å²) in [6.45, 7) is -0.539. The maximum atomic E-state index is 13.0. The van der Waals surface area contributed by atoms with E-state index in [1.807, 2.05) is 12.2 Å². The van der Waals surface area contributed by atoms with Crippen LogP contribution in [-0.2, 0) is 23.9 Å². The van der Waals surface area contributed by atoms with Crippen molar-refractivity contribution < 1.29 is 33.4 Å². The molecule has 3 amide bonds. The average molecular weight is 474 g/mol. The van der Waals surface area contributed by atoms with Crippen molar-refractivity contribution in [1.82, 2.24) is 0 Å². The highest BCUT2D eigenvalue weighted by molar-refractivity contribution is 6.23. The summed E-state index contributed by atoms with van der Waals surface area (Å²) in [4.78, 5) is 63.4. The van der Waals surface area contributed by atoms with Crippen molar-refractivity contribution >= 4 is 41.0 Å². The zero-order valence-electron chi connectivity index (χ0n) is 18.8. The van der Waals surface area contributed by atoms with Crippen molar-refractivity contribution in [1.29, 1.82) is 0 Å². The van der Waals surface area contributed by atoms with Gasteiger partial charge in [0.05, 0.1) is 35.8 Å². The average Bonchev–Trinajstić information content (AvgIpc) is 3.56. The van der Waals surface area contributed by atoms with E-state index in [2.05, 4.69) is 10.1 Å². The Hall–Kier alpha value is -4.27. The smallest absolute Gasteiger partial charge is 0.338 e. The second-order valence-electron chi connectivity index (χ2n) is 8.76. The molecule has 1 N–H and O–H groups in total. The number of imide groups is 1. The lowest BCUT2D eigenvalue weighted by Crippen LogP contribution is -2.33. The van der Waals surface area contributed by atoms with Crippen molar-refractivity contribution in [2.75, 3.05) is 23.9 Å². The minimum atomic E-state index is -0.760. The molecule has 178 valence electrons. The number of nitrogens with one attached hydrogen (secondary N) is 1. The van der Waals surface area contributed by atoms with E-state index in [1.165, 1.54) is 48.4 Å². The molecule has 0 radical (unpaired) electrons. The van der Waals surface area contributed by atoms with Crippen molar-refractivity contribution in [2.24, 2.45) is 23.7 Å². The highest BCUT2D eigenvalue weighted by atomic mass is 16.5. The van der Waals surface area contributed by atoms with Gasteiger partial charge in [0.25, 0.3) is 5.91 Å². The molecule has 0 aromatic heterocycles. The van der Waals surface area contributed by atoms with E-state index in [0.717, 1.165) is 6.42 Å². The lowest BCUT2D eigenvalue weighted by Gasteiger charge is -2.18. The van der Waals surface area contributed by atoms with Gasteiger partial charge in [0, 0.05) is 5.69 Å². The summed E-state index contributed by atoms with van der Waals surface area (Å²) < 4.78 is 9.73. The van der Waals surface area contributed by atoms with Crippen LogP contribution >= 0.6 is 0 Å². The fraction of sp³-hybridized carbons (Fsp3) is 0.269. The van der Waals surface area contributed by atoms with E-state index >= 15 is 0 Å². The zero-order valence-corrected chi connectivity index (χ0v) is 18.8. The standard InChI is InChI=1S/C26H22N2O7/c1-34-25(32)14-7-9-18(10-8-14)27-20(29)13-35-26(33)17-3-2-4-19(12-17)28-23(30)21-15-5-6-16(11-15)22(21)24(28)31/h2-10,12,15-16,21-22H,11,13H2,1H3,(H,27,29)/t15-,16-,21-,22-/m0/s1. The second-order valence-corrected chi connectivity index (χ2v) is 8.76. The Labute approximate surface area is 200 Å². The number of hydrogen-bond acceptors (Lipinski definition) is 7. The summed E-state index contributed by atoms with van der Waals surface area (Å²) >= 11 is 0. The van der Waals surface area contributed by atoms with Crippen LogP contribution in [-0.4, -0.2) is 43.4 Å². The first-order valence-electron chi connectivity index (χ1n) is 11.2. The quantitative estimate of drug-likeness (QED) is 0.388. The summed E-state index contributed by atoms with van der Waals surface area (Å²) in [5.41, 5.74) is 1.19. The van der Waals surface area contributed by atoms with Crippen LogP contribution in [0.5, 0.6) is 0 Å². The van der Waals surface area contributed by atoms with E-state index in [9.17, 15) is 24.0 Å². The number of carbonyl (C=O) groups excluding carboxylic acids is 5. The van der Waals surface area contributed by atoms with Crippen molar-refractivity contribution in [3.05, 3.63) is 71.8 Å². The summed E-state index contributed by atoms with van der Waals surface area (Å²) in [5.74, 6) is -2.78. The van der Waals surface area contributed by atoms with Gasteiger partial charge in [-0.1, -0.05) is 18.2 Å². The van der Waals surface area contributed by atoms with Crippen molar-refractivity contribution in [3.63, 3.8) is 0 Å². The van der Waals surface area contributed by atoms with Gasteiger partial charge in [0.2, 0.25) is 11.8 Å². The minimum Gasteiger partial charge on any atom is -0.465 e. The van der Waals surface area contributed by atoms with E-state index in [-0.39, 0.29) is 41.0 Å². The highest BCUT2D eigenvalue weighted by Gasteiger charge is 2.59. The van der Waals surface area contributed by atoms with Crippen LogP contribution in [0.3, 0.4) is 0 Å². The van der Waals surface area contributed by atoms with Gasteiger partial charge < -0.3 is 14.8 Å². The third-order valence-electron chi connectivity index (χ3n) is 6.73. The Morgan fingerprint density at radius 2 is 1.57 bits per heavy atom. The number of esters is 2. The molecule has 0 spiro atoms. The molecule has 1 heterocycles. The second kappa shape index (κ2) is 8.83. The summed E-state index contributed by atoms with van der Waals surface area (Å²) in [6, 6.07) is 12.1. The molecule has 9 nitrogen and oxygen atoms in total. The number of anilines is 2. The first kappa shape index (κ1) is 22.5. The van der Waals surface area contributed by atoms with Gasteiger partial charge in [-0.05, 0) is 60.7 Å². The number of methoxy groups -OCH3 is 1. The zero-order chi connectivity index (χ0) is 24.7. The maximum Gasteiger partial charge on any atom is 0.338 e. The molecule has 2 aliphatic carbocycles. The van der Waals surface area contributed by atoms with E-state index in [1.54, 1.807) is 12.1 Å². The normalized spacial score (nSPS) is 23.9. The van der Waals surface area contributed by atoms with Crippen molar-refractivity contribution in [3.8, 4) is 0 Å². The highest BCUT2D eigenvalue weighted by Crippen LogP contribution is 2.53. The van der Waals surface area contributed by atoms with Crippen LogP contribution in [0.2, 0.25) is 0 Å². The SMILES string of the molecule is COC(=O)c1ccc(NC(=O)COC(=O)c2cccc(N3C(=O)[C@@H]4[C@@H](C3=O)[C@H]3C=C[C@H]4C3)c2)cc1. The number of ether oxygens (including phenoxy) is 2. The van der Waals surface area contributed by atoms with Crippen LogP contribution < -0.4 is 10.2 Å². The van der Waals surface area contributed by atoms with Gasteiger partial charge in [-0.25, -0.2) is 14.5 Å². The summed E-state index contributed by atoms with van der Waals surface area (Å²) in [6.07, 6.45) is 4.88. The van der Waals surface area contributed by atoms with Gasteiger partial charge in [-0.3, -0.25) is 14.4 Å². The molecule has 1 saturated heterocycles. The Balaban J connectivity index is 1.20. The molecule has 1 saturated carbocycles. The van der Waals surface area contributed by atoms with Gasteiger partial charge in [0.1, 0.15) is 0 Å². The predicted molar refractivity (Wildman–Crippen MR) is 123 cm³/mol. The Bertz CT molecular complexity index is 1240. The van der Waals surface area contributed by atoms with Crippen LogP contribution in [0.1, 0.15) is 27.1 Å². The molecule has 2 fully saturated rings. The summed E-state index contributed by atoms with van der Waals surface area (Å²) in [7, 11) is 1.27.